The lowest BCUT2D eigenvalue weighted by Crippen LogP contribution is -2.10. The second-order valence-electron chi connectivity index (χ2n) is 3.95. The first-order valence-corrected chi connectivity index (χ1v) is 6.16. The molecule has 2 rings (SSSR count). The molecule has 0 aliphatic carbocycles. The van der Waals surface area contributed by atoms with Crippen molar-refractivity contribution in [3.63, 3.8) is 0 Å². The van der Waals surface area contributed by atoms with Crippen LogP contribution in [0.1, 0.15) is 0 Å². The molecule has 1 heterocycles. The largest absolute Gasteiger partial charge is 0.378 e. The quantitative estimate of drug-likeness (QED) is 0.798. The van der Waals surface area contributed by atoms with Gasteiger partial charge in [-0.3, -0.25) is 0 Å². The van der Waals surface area contributed by atoms with Crippen molar-refractivity contribution in [2.75, 3.05) is 30.9 Å². The molecule has 3 heteroatoms. The SMILES string of the molecule is CN(C)c1ccc(N(C)c2ccsc2)cc1. The van der Waals surface area contributed by atoms with Crippen LogP contribution < -0.4 is 9.80 Å². The number of anilines is 3. The monoisotopic (exact) mass is 232 g/mol. The predicted molar refractivity (Wildman–Crippen MR) is 73.2 cm³/mol. The minimum atomic E-state index is 1.21. The van der Waals surface area contributed by atoms with Crippen molar-refractivity contribution < 1.29 is 0 Å². The lowest BCUT2D eigenvalue weighted by molar-refractivity contribution is 1.13. The van der Waals surface area contributed by atoms with Crippen LogP contribution in [0.4, 0.5) is 17.1 Å². The molecule has 16 heavy (non-hydrogen) atoms. The number of hydrogen-bond acceptors (Lipinski definition) is 3. The standard InChI is InChI=1S/C13H16N2S/c1-14(2)11-4-6-12(7-5-11)15(3)13-8-9-16-10-13/h4-10H,1-3H3. The Morgan fingerprint density at radius 2 is 1.44 bits per heavy atom. The Morgan fingerprint density at radius 3 is 1.94 bits per heavy atom. The van der Waals surface area contributed by atoms with Crippen molar-refractivity contribution in [3.05, 3.63) is 41.1 Å². The zero-order valence-corrected chi connectivity index (χ0v) is 10.7. The van der Waals surface area contributed by atoms with E-state index in [0.717, 1.165) is 0 Å². The van der Waals surface area contributed by atoms with Gasteiger partial charge in [-0.1, -0.05) is 0 Å². The number of nitrogens with zero attached hydrogens (tertiary/aromatic N) is 2. The normalized spacial score (nSPS) is 10.2. The summed E-state index contributed by atoms with van der Waals surface area (Å²) in [5, 5.41) is 4.25. The van der Waals surface area contributed by atoms with E-state index >= 15 is 0 Å². The van der Waals surface area contributed by atoms with E-state index in [1.807, 2.05) is 0 Å². The molecule has 0 aliphatic heterocycles. The summed E-state index contributed by atoms with van der Waals surface area (Å²) in [7, 11) is 6.20. The van der Waals surface area contributed by atoms with Gasteiger partial charge < -0.3 is 9.80 Å². The average Bonchev–Trinajstić information content (AvgIpc) is 2.81. The highest BCUT2D eigenvalue weighted by molar-refractivity contribution is 7.08. The van der Waals surface area contributed by atoms with Gasteiger partial charge in [-0.15, -0.1) is 0 Å². The molecule has 0 radical (unpaired) electrons. The molecular weight excluding hydrogens is 216 g/mol. The molecule has 2 nitrogen and oxygen atoms in total. The van der Waals surface area contributed by atoms with Crippen molar-refractivity contribution in [1.82, 2.24) is 0 Å². The molecule has 1 aromatic carbocycles. The van der Waals surface area contributed by atoms with Gasteiger partial charge >= 0.3 is 0 Å². The van der Waals surface area contributed by atoms with Gasteiger partial charge in [0.1, 0.15) is 0 Å². The van der Waals surface area contributed by atoms with E-state index in [1.165, 1.54) is 17.1 Å². The maximum atomic E-state index is 2.19. The van der Waals surface area contributed by atoms with Gasteiger partial charge in [-0.2, -0.15) is 11.3 Å². The van der Waals surface area contributed by atoms with E-state index < -0.39 is 0 Å². The molecule has 0 atom stereocenters. The summed E-state index contributed by atoms with van der Waals surface area (Å²) in [6.45, 7) is 0. The van der Waals surface area contributed by atoms with Crippen LogP contribution in [-0.4, -0.2) is 21.1 Å². The Bertz CT molecular complexity index is 431. The number of benzene rings is 1. The summed E-state index contributed by atoms with van der Waals surface area (Å²) < 4.78 is 0. The highest BCUT2D eigenvalue weighted by atomic mass is 32.1. The van der Waals surface area contributed by atoms with Crippen LogP contribution in [-0.2, 0) is 0 Å². The van der Waals surface area contributed by atoms with E-state index in [2.05, 4.69) is 72.0 Å². The van der Waals surface area contributed by atoms with Crippen molar-refractivity contribution >= 4 is 28.4 Å². The Hall–Kier alpha value is -1.48. The van der Waals surface area contributed by atoms with Gasteiger partial charge in [0.05, 0.1) is 5.69 Å². The van der Waals surface area contributed by atoms with Gasteiger partial charge in [-0.25, -0.2) is 0 Å². The van der Waals surface area contributed by atoms with Gasteiger partial charge in [0.2, 0.25) is 0 Å². The van der Waals surface area contributed by atoms with Crippen molar-refractivity contribution in [3.8, 4) is 0 Å². The smallest absolute Gasteiger partial charge is 0.0516 e. The fourth-order valence-electron chi connectivity index (χ4n) is 1.57. The molecule has 0 aliphatic rings. The third-order valence-corrected chi connectivity index (χ3v) is 3.32. The fraction of sp³-hybridized carbons (Fsp3) is 0.231. The topological polar surface area (TPSA) is 6.48 Å². The molecular formula is C13H16N2S. The van der Waals surface area contributed by atoms with Gasteiger partial charge in [0.15, 0.2) is 0 Å². The predicted octanol–water partition coefficient (Wildman–Crippen LogP) is 3.58. The van der Waals surface area contributed by atoms with Crippen LogP contribution in [0.2, 0.25) is 0 Å². The van der Waals surface area contributed by atoms with Crippen LogP contribution in [0, 0.1) is 0 Å². The van der Waals surface area contributed by atoms with Gasteiger partial charge in [0.25, 0.3) is 0 Å². The summed E-state index contributed by atoms with van der Waals surface area (Å²) in [4.78, 5) is 4.30. The molecule has 1 aromatic heterocycles. The van der Waals surface area contributed by atoms with E-state index in [9.17, 15) is 0 Å². The Morgan fingerprint density at radius 1 is 0.812 bits per heavy atom. The Labute approximate surface area is 101 Å². The summed E-state index contributed by atoms with van der Waals surface area (Å²) in [5.74, 6) is 0. The summed E-state index contributed by atoms with van der Waals surface area (Å²) in [6, 6.07) is 10.7. The second kappa shape index (κ2) is 4.58. The molecule has 0 fully saturated rings. The Balaban J connectivity index is 2.22. The highest BCUT2D eigenvalue weighted by Crippen LogP contribution is 2.26. The van der Waals surface area contributed by atoms with E-state index in [-0.39, 0.29) is 0 Å². The minimum Gasteiger partial charge on any atom is -0.378 e. The minimum absolute atomic E-state index is 1.21. The molecule has 0 saturated heterocycles. The van der Waals surface area contributed by atoms with Crippen molar-refractivity contribution in [2.45, 2.75) is 0 Å². The molecule has 0 spiro atoms. The van der Waals surface area contributed by atoms with Crippen LogP contribution in [0.3, 0.4) is 0 Å². The number of thiophene rings is 1. The second-order valence-corrected chi connectivity index (χ2v) is 4.73. The third-order valence-electron chi connectivity index (χ3n) is 2.65. The van der Waals surface area contributed by atoms with Crippen LogP contribution in [0.25, 0.3) is 0 Å². The lowest BCUT2D eigenvalue weighted by atomic mass is 10.2. The average molecular weight is 232 g/mol. The molecule has 0 bridgehead atoms. The first-order valence-electron chi connectivity index (χ1n) is 5.22. The molecule has 0 N–H and O–H groups in total. The fourth-order valence-corrected chi connectivity index (χ4v) is 2.24. The number of hydrogen-bond donors (Lipinski definition) is 0. The summed E-state index contributed by atoms with van der Waals surface area (Å²) in [6.07, 6.45) is 0. The maximum Gasteiger partial charge on any atom is 0.0516 e. The van der Waals surface area contributed by atoms with E-state index in [0.29, 0.717) is 0 Å². The molecule has 84 valence electrons. The number of rotatable bonds is 3. The van der Waals surface area contributed by atoms with Gasteiger partial charge in [0, 0.05) is 37.9 Å². The lowest BCUT2D eigenvalue weighted by Gasteiger charge is -2.19. The molecule has 0 saturated carbocycles. The van der Waals surface area contributed by atoms with E-state index in [1.54, 1.807) is 11.3 Å². The zero-order chi connectivity index (χ0) is 11.5. The summed E-state index contributed by atoms with van der Waals surface area (Å²) in [5.41, 5.74) is 3.68. The first kappa shape index (κ1) is 11.0. The van der Waals surface area contributed by atoms with Crippen LogP contribution in [0.5, 0.6) is 0 Å². The Kier molecular flexibility index (Phi) is 3.15. The van der Waals surface area contributed by atoms with E-state index in [4.69, 9.17) is 0 Å². The molecule has 0 unspecified atom stereocenters. The highest BCUT2D eigenvalue weighted by Gasteiger charge is 2.04. The zero-order valence-electron chi connectivity index (χ0n) is 9.84. The van der Waals surface area contributed by atoms with Crippen LogP contribution >= 0.6 is 11.3 Å². The maximum absolute atomic E-state index is 2.19. The summed E-state index contributed by atoms with van der Waals surface area (Å²) >= 11 is 1.72. The molecule has 2 aromatic rings. The third kappa shape index (κ3) is 2.19. The van der Waals surface area contributed by atoms with Crippen molar-refractivity contribution in [1.29, 1.82) is 0 Å². The van der Waals surface area contributed by atoms with Crippen LogP contribution in [0.15, 0.2) is 41.1 Å². The van der Waals surface area contributed by atoms with Crippen molar-refractivity contribution in [2.24, 2.45) is 0 Å². The molecule has 0 amide bonds. The first-order chi connectivity index (χ1) is 7.68. The van der Waals surface area contributed by atoms with Gasteiger partial charge in [-0.05, 0) is 35.7 Å².